The highest BCUT2D eigenvalue weighted by Gasteiger charge is 2.18. The molecule has 5 N–H and O–H groups in total. The van der Waals surface area contributed by atoms with Crippen LogP contribution in [0.3, 0.4) is 0 Å². The molecule has 1 aromatic rings. The first-order valence-electron chi connectivity index (χ1n) is 4.51. The second-order valence-corrected chi connectivity index (χ2v) is 3.26. The highest BCUT2D eigenvalue weighted by atomic mass is 16.3. The zero-order chi connectivity index (χ0) is 10.7. The van der Waals surface area contributed by atoms with Gasteiger partial charge in [-0.1, -0.05) is 6.92 Å². The number of hydrogen-bond acceptors (Lipinski definition) is 4. The van der Waals surface area contributed by atoms with E-state index in [1.165, 1.54) is 18.2 Å². The van der Waals surface area contributed by atoms with Gasteiger partial charge in [-0.3, -0.25) is 0 Å². The lowest BCUT2D eigenvalue weighted by molar-refractivity contribution is 0.141. The summed E-state index contributed by atoms with van der Waals surface area (Å²) in [5.41, 5.74) is 5.98. The van der Waals surface area contributed by atoms with Crippen molar-refractivity contribution in [3.8, 4) is 11.5 Å². The first-order valence-corrected chi connectivity index (χ1v) is 4.51. The van der Waals surface area contributed by atoms with E-state index in [9.17, 15) is 10.2 Å². The molecule has 4 nitrogen and oxygen atoms in total. The fraction of sp³-hybridized carbons (Fsp3) is 0.400. The van der Waals surface area contributed by atoms with Crippen molar-refractivity contribution in [2.24, 2.45) is 5.73 Å². The van der Waals surface area contributed by atoms with Crippen molar-refractivity contribution >= 4 is 0 Å². The number of hydrogen-bond donors (Lipinski definition) is 4. The zero-order valence-electron chi connectivity index (χ0n) is 8.01. The van der Waals surface area contributed by atoms with Gasteiger partial charge in [0.1, 0.15) is 11.5 Å². The minimum absolute atomic E-state index is 0.0384. The molecule has 1 aromatic carbocycles. The number of rotatable bonds is 3. The molecule has 0 aliphatic carbocycles. The molecule has 78 valence electrons. The van der Waals surface area contributed by atoms with E-state index in [2.05, 4.69) is 0 Å². The van der Waals surface area contributed by atoms with Crippen LogP contribution in [-0.4, -0.2) is 21.4 Å². The molecule has 0 amide bonds. The summed E-state index contributed by atoms with van der Waals surface area (Å²) in [6.07, 6.45) is -0.290. The van der Waals surface area contributed by atoms with E-state index >= 15 is 0 Å². The van der Waals surface area contributed by atoms with Crippen molar-refractivity contribution in [2.45, 2.75) is 25.5 Å². The molecule has 0 aliphatic rings. The first kappa shape index (κ1) is 10.8. The van der Waals surface area contributed by atoms with Crippen LogP contribution in [-0.2, 0) is 0 Å². The minimum Gasteiger partial charge on any atom is -0.508 e. The lowest BCUT2D eigenvalue weighted by Crippen LogP contribution is -2.27. The van der Waals surface area contributed by atoms with Gasteiger partial charge in [0.25, 0.3) is 0 Å². The maximum Gasteiger partial charge on any atom is 0.125 e. The second-order valence-electron chi connectivity index (χ2n) is 3.26. The van der Waals surface area contributed by atoms with E-state index in [1.54, 1.807) is 0 Å². The highest BCUT2D eigenvalue weighted by Crippen LogP contribution is 2.29. The van der Waals surface area contributed by atoms with E-state index in [1.807, 2.05) is 6.92 Å². The molecule has 2 atom stereocenters. The van der Waals surface area contributed by atoms with Crippen molar-refractivity contribution in [3.05, 3.63) is 23.8 Å². The van der Waals surface area contributed by atoms with Crippen LogP contribution in [0.5, 0.6) is 11.5 Å². The summed E-state index contributed by atoms with van der Waals surface area (Å²) < 4.78 is 0. The van der Waals surface area contributed by atoms with Crippen LogP contribution in [0.1, 0.15) is 25.0 Å². The van der Waals surface area contributed by atoms with Crippen LogP contribution in [0, 0.1) is 0 Å². The van der Waals surface area contributed by atoms with Gasteiger partial charge in [0.05, 0.1) is 6.10 Å². The van der Waals surface area contributed by atoms with Crippen molar-refractivity contribution < 1.29 is 15.3 Å². The van der Waals surface area contributed by atoms with Crippen molar-refractivity contribution in [3.63, 3.8) is 0 Å². The Bertz CT molecular complexity index is 314. The molecule has 0 spiro atoms. The lowest BCUT2D eigenvalue weighted by atomic mass is 10.00. The highest BCUT2D eigenvalue weighted by molar-refractivity contribution is 5.40. The predicted molar refractivity (Wildman–Crippen MR) is 53.0 cm³/mol. The largest absolute Gasteiger partial charge is 0.508 e. The maximum absolute atomic E-state index is 9.69. The summed E-state index contributed by atoms with van der Waals surface area (Å²) in [7, 11) is 0. The van der Waals surface area contributed by atoms with Gasteiger partial charge >= 0.3 is 0 Å². The van der Waals surface area contributed by atoms with Gasteiger partial charge in [-0.2, -0.15) is 0 Å². The Hall–Kier alpha value is -1.26. The van der Waals surface area contributed by atoms with Gasteiger partial charge in [0.2, 0.25) is 0 Å². The topological polar surface area (TPSA) is 86.7 Å². The normalized spacial score (nSPS) is 15.1. The van der Waals surface area contributed by atoms with Crippen molar-refractivity contribution in [1.82, 2.24) is 0 Å². The van der Waals surface area contributed by atoms with Crippen molar-refractivity contribution in [1.29, 1.82) is 0 Å². The van der Waals surface area contributed by atoms with Gasteiger partial charge in [-0.05, 0) is 18.6 Å². The average molecular weight is 197 g/mol. The number of benzene rings is 1. The van der Waals surface area contributed by atoms with Gasteiger partial charge < -0.3 is 21.1 Å². The quantitative estimate of drug-likeness (QED) is 0.579. The number of aliphatic hydroxyl groups is 1. The molecular formula is C10H15NO3. The Morgan fingerprint density at radius 3 is 2.50 bits per heavy atom. The summed E-state index contributed by atoms with van der Waals surface area (Å²) in [4.78, 5) is 0. The van der Waals surface area contributed by atoms with E-state index in [-0.39, 0.29) is 11.5 Å². The SMILES string of the molecule is CC[C@@H](N)[C@H](O)c1ccc(O)cc1O. The van der Waals surface area contributed by atoms with Gasteiger partial charge in [-0.15, -0.1) is 0 Å². The Morgan fingerprint density at radius 2 is 2.00 bits per heavy atom. The Kier molecular flexibility index (Phi) is 3.33. The summed E-state index contributed by atoms with van der Waals surface area (Å²) in [6.45, 7) is 1.85. The fourth-order valence-electron chi connectivity index (χ4n) is 1.24. The van der Waals surface area contributed by atoms with E-state index < -0.39 is 12.1 Å². The van der Waals surface area contributed by atoms with Crippen molar-refractivity contribution in [2.75, 3.05) is 0 Å². The molecule has 0 saturated carbocycles. The third-order valence-corrected chi connectivity index (χ3v) is 2.21. The Balaban J connectivity index is 2.95. The summed E-state index contributed by atoms with van der Waals surface area (Å²) in [5, 5.41) is 28.2. The molecule has 0 heterocycles. The lowest BCUT2D eigenvalue weighted by Gasteiger charge is -2.18. The van der Waals surface area contributed by atoms with Gasteiger partial charge in [0.15, 0.2) is 0 Å². The van der Waals surface area contributed by atoms with Gasteiger partial charge in [0, 0.05) is 17.7 Å². The number of phenols is 2. The molecule has 1 rings (SSSR count). The van der Waals surface area contributed by atoms with Crippen LogP contribution in [0.4, 0.5) is 0 Å². The third kappa shape index (κ3) is 2.16. The smallest absolute Gasteiger partial charge is 0.125 e. The van der Waals surface area contributed by atoms with E-state index in [0.29, 0.717) is 12.0 Å². The Morgan fingerprint density at radius 1 is 1.36 bits per heavy atom. The second kappa shape index (κ2) is 4.30. The molecular weight excluding hydrogens is 182 g/mol. The summed E-state index contributed by atoms with van der Waals surface area (Å²) >= 11 is 0. The van der Waals surface area contributed by atoms with Crippen LogP contribution in [0.25, 0.3) is 0 Å². The van der Waals surface area contributed by atoms with Crippen LogP contribution in [0.2, 0.25) is 0 Å². The summed E-state index contributed by atoms with van der Waals surface area (Å²) in [5.74, 6) is -0.176. The molecule has 0 unspecified atom stereocenters. The number of nitrogens with two attached hydrogens (primary N) is 1. The van der Waals surface area contributed by atoms with E-state index in [4.69, 9.17) is 10.8 Å². The summed E-state index contributed by atoms with van der Waals surface area (Å²) in [6, 6.07) is 3.64. The third-order valence-electron chi connectivity index (χ3n) is 2.21. The fourth-order valence-corrected chi connectivity index (χ4v) is 1.24. The zero-order valence-corrected chi connectivity index (χ0v) is 8.01. The minimum atomic E-state index is -0.902. The molecule has 0 saturated heterocycles. The number of aliphatic hydroxyl groups excluding tert-OH is 1. The molecule has 4 heteroatoms. The number of aromatic hydroxyl groups is 2. The van der Waals surface area contributed by atoms with Gasteiger partial charge in [-0.25, -0.2) is 0 Å². The first-order chi connectivity index (χ1) is 6.56. The standard InChI is InChI=1S/C10H15NO3/c1-2-8(11)10(14)7-4-3-6(12)5-9(7)13/h3-5,8,10,12-14H,2,11H2,1H3/t8-,10-/m1/s1. The molecule has 0 radical (unpaired) electrons. The average Bonchev–Trinajstić information content (AvgIpc) is 2.15. The molecule has 0 fully saturated rings. The van der Waals surface area contributed by atoms with Crippen LogP contribution >= 0.6 is 0 Å². The molecule has 0 aliphatic heterocycles. The van der Waals surface area contributed by atoms with Crippen LogP contribution in [0.15, 0.2) is 18.2 Å². The molecule has 0 bridgehead atoms. The molecule has 14 heavy (non-hydrogen) atoms. The monoisotopic (exact) mass is 197 g/mol. The number of phenolic OH excluding ortho intramolecular Hbond substituents is 2. The van der Waals surface area contributed by atoms with E-state index in [0.717, 1.165) is 0 Å². The predicted octanol–water partition coefficient (Wildman–Crippen LogP) is 0.868. The maximum atomic E-state index is 9.69. The molecule has 0 aromatic heterocycles. The Labute approximate surface area is 82.6 Å². The van der Waals surface area contributed by atoms with Crippen LogP contribution < -0.4 is 5.73 Å².